The summed E-state index contributed by atoms with van der Waals surface area (Å²) in [5.74, 6) is 0.505. The van der Waals surface area contributed by atoms with Crippen LogP contribution >= 0.6 is 11.3 Å². The van der Waals surface area contributed by atoms with Gasteiger partial charge in [0.15, 0.2) is 0 Å². The third-order valence-electron chi connectivity index (χ3n) is 4.40. The maximum Gasteiger partial charge on any atom is 0.345 e. The molecule has 6 heteroatoms. The summed E-state index contributed by atoms with van der Waals surface area (Å²) >= 11 is 1.38. The van der Waals surface area contributed by atoms with Gasteiger partial charge in [0.1, 0.15) is 5.58 Å². The fourth-order valence-electron chi connectivity index (χ4n) is 2.82. The third kappa shape index (κ3) is 3.87. The lowest BCUT2D eigenvalue weighted by atomic mass is 10.0. The number of hydrogen-bond donors (Lipinski definition) is 1. The molecule has 0 spiro atoms. The molecule has 0 bridgehead atoms. The first kappa shape index (κ1) is 18.1. The molecule has 5 nitrogen and oxygen atoms in total. The first-order valence-electron chi connectivity index (χ1n) is 8.98. The summed E-state index contributed by atoms with van der Waals surface area (Å²) in [7, 11) is 0. The van der Waals surface area contributed by atoms with Gasteiger partial charge in [0.05, 0.1) is 17.5 Å². The summed E-state index contributed by atoms with van der Waals surface area (Å²) in [6.45, 7) is 4.33. The smallest absolute Gasteiger partial charge is 0.345 e. The zero-order chi connectivity index (χ0) is 19.5. The fourth-order valence-corrected chi connectivity index (χ4v) is 3.48. The Morgan fingerprint density at radius 1 is 1.14 bits per heavy atom. The average molecular weight is 389 g/mol. The zero-order valence-corrected chi connectivity index (χ0v) is 16.4. The van der Waals surface area contributed by atoms with Gasteiger partial charge in [-0.25, -0.2) is 9.78 Å². The molecule has 1 N–H and O–H groups in total. The number of nitrogens with zero attached hydrogens (tertiary/aromatic N) is 2. The van der Waals surface area contributed by atoms with Crippen LogP contribution < -0.4 is 11.1 Å². The van der Waals surface area contributed by atoms with Crippen molar-refractivity contribution in [2.24, 2.45) is 5.10 Å². The van der Waals surface area contributed by atoms with E-state index in [0.717, 1.165) is 10.9 Å². The molecule has 2 heterocycles. The van der Waals surface area contributed by atoms with Gasteiger partial charge in [-0.3, -0.25) is 5.43 Å². The van der Waals surface area contributed by atoms with Gasteiger partial charge in [-0.15, -0.1) is 11.3 Å². The Balaban J connectivity index is 1.50. The number of thiazole rings is 1. The standard InChI is InChI=1S/C22H19N3O2S/c1-14(2)16-9-7-15(8-10-16)12-23-25-22-24-19(13-28-22)18-11-17-5-3-4-6-20(17)27-21(18)26/h3-14H,1-2H3,(H,24,25). The number of fused-ring (bicyclic) bond motifs is 1. The summed E-state index contributed by atoms with van der Waals surface area (Å²) in [6, 6.07) is 17.5. The van der Waals surface area contributed by atoms with E-state index < -0.39 is 5.63 Å². The minimum atomic E-state index is -0.399. The lowest BCUT2D eigenvalue weighted by molar-refractivity contribution is 0.563. The topological polar surface area (TPSA) is 67.5 Å². The molecule has 0 aliphatic carbocycles. The van der Waals surface area contributed by atoms with Gasteiger partial charge in [0.2, 0.25) is 5.13 Å². The second-order valence-corrected chi connectivity index (χ2v) is 7.57. The molecule has 140 valence electrons. The molecule has 0 amide bonds. The molecule has 0 saturated carbocycles. The van der Waals surface area contributed by atoms with Gasteiger partial charge in [-0.05, 0) is 29.2 Å². The largest absolute Gasteiger partial charge is 0.422 e. The van der Waals surface area contributed by atoms with Gasteiger partial charge in [-0.2, -0.15) is 5.10 Å². The van der Waals surface area contributed by atoms with Crippen LogP contribution in [-0.4, -0.2) is 11.2 Å². The number of para-hydroxylation sites is 1. The van der Waals surface area contributed by atoms with E-state index in [0.29, 0.717) is 27.9 Å². The predicted molar refractivity (Wildman–Crippen MR) is 115 cm³/mol. The Bertz CT molecular complexity index is 1190. The lowest BCUT2D eigenvalue weighted by Crippen LogP contribution is -2.02. The van der Waals surface area contributed by atoms with Crippen LogP contribution in [0, 0.1) is 0 Å². The van der Waals surface area contributed by atoms with E-state index in [1.165, 1.54) is 16.9 Å². The van der Waals surface area contributed by atoms with Crippen LogP contribution in [0.2, 0.25) is 0 Å². The molecule has 2 aromatic heterocycles. The van der Waals surface area contributed by atoms with Crippen molar-refractivity contribution in [2.75, 3.05) is 5.43 Å². The van der Waals surface area contributed by atoms with Crippen molar-refractivity contribution in [2.45, 2.75) is 19.8 Å². The van der Waals surface area contributed by atoms with E-state index >= 15 is 0 Å². The third-order valence-corrected chi connectivity index (χ3v) is 5.15. The molecular weight excluding hydrogens is 370 g/mol. The van der Waals surface area contributed by atoms with Gasteiger partial charge in [0.25, 0.3) is 0 Å². The zero-order valence-electron chi connectivity index (χ0n) is 15.5. The molecule has 0 fully saturated rings. The van der Waals surface area contributed by atoms with Gasteiger partial charge < -0.3 is 4.42 Å². The maximum absolute atomic E-state index is 12.3. The van der Waals surface area contributed by atoms with E-state index in [1.54, 1.807) is 18.3 Å². The second kappa shape index (κ2) is 7.78. The van der Waals surface area contributed by atoms with Gasteiger partial charge in [0, 0.05) is 10.8 Å². The molecule has 0 aliphatic rings. The molecule has 0 atom stereocenters. The number of hydrogen-bond acceptors (Lipinski definition) is 6. The summed E-state index contributed by atoms with van der Waals surface area (Å²) in [5, 5.41) is 7.53. The van der Waals surface area contributed by atoms with E-state index in [1.807, 2.05) is 35.7 Å². The highest BCUT2D eigenvalue weighted by molar-refractivity contribution is 7.14. The van der Waals surface area contributed by atoms with E-state index in [-0.39, 0.29) is 0 Å². The molecular formula is C22H19N3O2S. The first-order valence-corrected chi connectivity index (χ1v) is 9.86. The number of benzene rings is 2. The molecule has 0 aliphatic heterocycles. The summed E-state index contributed by atoms with van der Waals surface area (Å²) in [5.41, 5.74) is 6.40. The number of aromatic nitrogens is 1. The van der Waals surface area contributed by atoms with Crippen molar-refractivity contribution >= 4 is 33.7 Å². The van der Waals surface area contributed by atoms with Crippen molar-refractivity contribution in [3.8, 4) is 11.3 Å². The highest BCUT2D eigenvalue weighted by Crippen LogP contribution is 2.25. The number of nitrogens with one attached hydrogen (secondary N) is 1. The molecule has 0 unspecified atom stereocenters. The Hall–Kier alpha value is -3.25. The van der Waals surface area contributed by atoms with Crippen molar-refractivity contribution in [3.05, 3.63) is 81.5 Å². The summed E-state index contributed by atoms with van der Waals surface area (Å²) in [6.07, 6.45) is 1.75. The highest BCUT2D eigenvalue weighted by Gasteiger charge is 2.11. The normalized spacial score (nSPS) is 11.5. The monoisotopic (exact) mass is 389 g/mol. The predicted octanol–water partition coefficient (Wildman–Crippen LogP) is 5.49. The second-order valence-electron chi connectivity index (χ2n) is 6.71. The van der Waals surface area contributed by atoms with E-state index in [4.69, 9.17) is 4.42 Å². The van der Waals surface area contributed by atoms with Crippen LogP contribution in [0.25, 0.3) is 22.2 Å². The quantitative estimate of drug-likeness (QED) is 0.279. The van der Waals surface area contributed by atoms with Crippen molar-refractivity contribution in [3.63, 3.8) is 0 Å². The van der Waals surface area contributed by atoms with Gasteiger partial charge in [-0.1, -0.05) is 56.3 Å². The van der Waals surface area contributed by atoms with Crippen molar-refractivity contribution in [1.82, 2.24) is 4.98 Å². The Morgan fingerprint density at radius 2 is 1.93 bits per heavy atom. The van der Waals surface area contributed by atoms with Crippen LogP contribution in [-0.2, 0) is 0 Å². The van der Waals surface area contributed by atoms with Crippen molar-refractivity contribution < 1.29 is 4.42 Å². The van der Waals surface area contributed by atoms with Crippen molar-refractivity contribution in [1.29, 1.82) is 0 Å². The van der Waals surface area contributed by atoms with E-state index in [2.05, 4.69) is 41.5 Å². The van der Waals surface area contributed by atoms with Gasteiger partial charge >= 0.3 is 5.63 Å². The molecule has 0 saturated heterocycles. The van der Waals surface area contributed by atoms with Crippen LogP contribution in [0.4, 0.5) is 5.13 Å². The molecule has 0 radical (unpaired) electrons. The minimum absolute atomic E-state index is 0.399. The van der Waals surface area contributed by atoms with Crippen LogP contribution in [0.3, 0.4) is 0 Å². The van der Waals surface area contributed by atoms with Crippen LogP contribution in [0.5, 0.6) is 0 Å². The maximum atomic E-state index is 12.3. The number of anilines is 1. The van der Waals surface area contributed by atoms with Crippen LogP contribution in [0.1, 0.15) is 30.9 Å². The Morgan fingerprint density at radius 3 is 2.71 bits per heavy atom. The lowest BCUT2D eigenvalue weighted by Gasteiger charge is -2.04. The van der Waals surface area contributed by atoms with Crippen LogP contribution in [0.15, 0.2) is 74.3 Å². The minimum Gasteiger partial charge on any atom is -0.422 e. The number of rotatable bonds is 5. The van der Waals surface area contributed by atoms with E-state index in [9.17, 15) is 4.79 Å². The Labute approximate surface area is 166 Å². The average Bonchev–Trinajstić information content (AvgIpc) is 3.16. The molecule has 4 rings (SSSR count). The highest BCUT2D eigenvalue weighted by atomic mass is 32.1. The Kier molecular flexibility index (Phi) is 5.04. The summed E-state index contributed by atoms with van der Waals surface area (Å²) in [4.78, 5) is 16.7. The molecule has 2 aromatic carbocycles. The summed E-state index contributed by atoms with van der Waals surface area (Å²) < 4.78 is 5.38. The number of hydrazone groups is 1. The first-order chi connectivity index (χ1) is 13.6. The molecule has 4 aromatic rings. The molecule has 28 heavy (non-hydrogen) atoms. The fraction of sp³-hybridized carbons (Fsp3) is 0.136. The SMILES string of the molecule is CC(C)c1ccc(C=NNc2nc(-c3cc4ccccc4oc3=O)cs2)cc1.